The lowest BCUT2D eigenvalue weighted by Gasteiger charge is -2.19. The van der Waals surface area contributed by atoms with Gasteiger partial charge in [0.2, 0.25) is 0 Å². The highest BCUT2D eigenvalue weighted by molar-refractivity contribution is 7.47. The lowest BCUT2D eigenvalue weighted by atomic mass is 10.1. The van der Waals surface area contributed by atoms with Gasteiger partial charge >= 0.3 is 19.8 Å². The van der Waals surface area contributed by atoms with Crippen LogP contribution < -0.4 is 5.73 Å². The van der Waals surface area contributed by atoms with Crippen LogP contribution in [0.1, 0.15) is 129 Å². The van der Waals surface area contributed by atoms with E-state index in [9.17, 15) is 29.3 Å². The second-order valence-corrected chi connectivity index (χ2v) is 15.0. The van der Waals surface area contributed by atoms with Crippen LogP contribution in [-0.4, -0.2) is 71.7 Å². The highest BCUT2D eigenvalue weighted by Crippen LogP contribution is 2.43. The smallest absolute Gasteiger partial charge is 0.462 e. The largest absolute Gasteiger partial charge is 0.472 e. The van der Waals surface area contributed by atoms with Gasteiger partial charge in [-0.25, -0.2) is 4.57 Å². The van der Waals surface area contributed by atoms with Crippen LogP contribution in [0.5, 0.6) is 0 Å². The molecule has 0 saturated heterocycles. The molecule has 0 rings (SSSR count). The maximum Gasteiger partial charge on any atom is 0.472 e. The van der Waals surface area contributed by atoms with Crippen LogP contribution in [0.15, 0.2) is 97.2 Å². The zero-order valence-corrected chi connectivity index (χ0v) is 35.6. The molecule has 1 unspecified atom stereocenters. The number of allylic oxidation sites excluding steroid dienone is 12. The van der Waals surface area contributed by atoms with E-state index in [0.29, 0.717) is 32.1 Å². The van der Waals surface area contributed by atoms with Gasteiger partial charge in [-0.2, -0.15) is 0 Å². The quantitative estimate of drug-likeness (QED) is 0.0154. The molecule has 57 heavy (non-hydrogen) atoms. The van der Waals surface area contributed by atoms with Crippen molar-refractivity contribution >= 4 is 19.8 Å². The molecule has 0 aliphatic carbocycles. The summed E-state index contributed by atoms with van der Waals surface area (Å²) in [7, 11) is -4.43. The van der Waals surface area contributed by atoms with Gasteiger partial charge in [-0.1, -0.05) is 143 Å². The number of nitrogens with two attached hydrogens (primary N) is 1. The maximum atomic E-state index is 12.6. The van der Waals surface area contributed by atoms with E-state index in [1.165, 1.54) is 19.3 Å². The summed E-state index contributed by atoms with van der Waals surface area (Å²) in [4.78, 5) is 34.8. The third-order valence-corrected chi connectivity index (χ3v) is 9.12. The minimum Gasteiger partial charge on any atom is -0.462 e. The number of unbranched alkanes of at least 4 members (excludes halogenated alkanes) is 8. The summed E-state index contributed by atoms with van der Waals surface area (Å²) in [6.07, 6.45) is 43.7. The van der Waals surface area contributed by atoms with Gasteiger partial charge < -0.3 is 30.3 Å². The van der Waals surface area contributed by atoms with E-state index in [2.05, 4.69) is 31.2 Å². The van der Waals surface area contributed by atoms with Gasteiger partial charge in [0.05, 0.1) is 25.4 Å². The molecule has 11 nitrogen and oxygen atoms in total. The van der Waals surface area contributed by atoms with Gasteiger partial charge in [-0.05, 0) is 70.6 Å². The van der Waals surface area contributed by atoms with Gasteiger partial charge in [0.1, 0.15) is 6.61 Å². The Morgan fingerprint density at radius 1 is 0.632 bits per heavy atom. The number of carbonyl (C=O) groups is 2. The molecule has 324 valence electrons. The fourth-order valence-corrected chi connectivity index (χ4v) is 5.75. The van der Waals surface area contributed by atoms with Gasteiger partial charge in [0.15, 0.2) is 6.10 Å². The molecule has 0 aliphatic rings. The van der Waals surface area contributed by atoms with Gasteiger partial charge in [0, 0.05) is 19.4 Å². The molecule has 4 atom stereocenters. The molecule has 0 spiro atoms. The van der Waals surface area contributed by atoms with E-state index < -0.39 is 44.7 Å². The van der Waals surface area contributed by atoms with Crippen LogP contribution >= 0.6 is 7.82 Å². The van der Waals surface area contributed by atoms with Crippen LogP contribution in [0.2, 0.25) is 0 Å². The molecule has 0 amide bonds. The van der Waals surface area contributed by atoms with Crippen molar-refractivity contribution in [2.45, 2.75) is 148 Å². The standard InChI is InChI=1S/C45H74NO10P/c1-3-5-7-8-9-10-11-12-13-14-15-16-17-22-30-36-45(50)56-43(40-55-57(51,52)54-38-37-46)39-53-44(49)35-29-21-19-18-20-26-32-42(48)34-28-24-23-27-33-41(47)31-25-6-4-2/h6,9-10,12-13,19-21,23-28,33-34,41-43,47-48H,3-5,7-8,11,14-18,22,29-32,35-40,46H2,1-2H3,(H,51,52)/b10-9-,13-12-,21-19-,24-23-,25-6-,26-20-,33-27+,34-28+/t41-,42+,43-/m1/s1. The minimum atomic E-state index is -4.43. The number of hydrogen-bond donors (Lipinski definition) is 4. The van der Waals surface area contributed by atoms with Crippen LogP contribution in [0.25, 0.3) is 0 Å². The normalized spacial score (nSPS) is 15.4. The monoisotopic (exact) mass is 820 g/mol. The summed E-state index contributed by atoms with van der Waals surface area (Å²) in [5.74, 6) is -1.02. The SMILES string of the molecule is CC/C=C\C[C@@H](O)/C=C/C=C\C=C\[C@@H](O)C/C=C\C/C=C\CCC(=O)OC[C@H](COP(=O)(O)OCCN)OC(=O)CCCCCCC/C=C\C/C=C\CCCCC. The first-order valence-electron chi connectivity index (χ1n) is 20.9. The molecule has 12 heteroatoms. The number of aliphatic hydroxyl groups is 2. The Kier molecular flexibility index (Phi) is 37.5. The summed E-state index contributed by atoms with van der Waals surface area (Å²) in [5.41, 5.74) is 5.33. The third-order valence-electron chi connectivity index (χ3n) is 8.13. The maximum absolute atomic E-state index is 12.6. The third kappa shape index (κ3) is 39.5. The molecule has 5 N–H and O–H groups in total. The molecule has 0 aromatic heterocycles. The van der Waals surface area contributed by atoms with Crippen molar-refractivity contribution in [3.63, 3.8) is 0 Å². The highest BCUT2D eigenvalue weighted by Gasteiger charge is 2.25. The first kappa shape index (κ1) is 53.9. The predicted octanol–water partition coefficient (Wildman–Crippen LogP) is 9.77. The fraction of sp³-hybridized carbons (Fsp3) is 0.600. The Balaban J connectivity index is 4.46. The average Bonchev–Trinajstić information content (AvgIpc) is 3.19. The molecule has 0 aromatic carbocycles. The van der Waals surface area contributed by atoms with E-state index >= 15 is 0 Å². The van der Waals surface area contributed by atoms with Crippen LogP contribution in [0.4, 0.5) is 0 Å². The van der Waals surface area contributed by atoms with E-state index in [-0.39, 0.29) is 32.6 Å². The summed E-state index contributed by atoms with van der Waals surface area (Å²) in [6.45, 7) is 3.26. The second kappa shape index (κ2) is 39.7. The summed E-state index contributed by atoms with van der Waals surface area (Å²) < 4.78 is 32.6. The summed E-state index contributed by atoms with van der Waals surface area (Å²) in [6, 6.07) is 0. The molecule has 0 bridgehead atoms. The molecule has 0 heterocycles. The van der Waals surface area contributed by atoms with E-state index in [4.69, 9.17) is 24.3 Å². The Hall–Kier alpha value is -3.15. The first-order chi connectivity index (χ1) is 27.6. The highest BCUT2D eigenvalue weighted by atomic mass is 31.2. The predicted molar refractivity (Wildman–Crippen MR) is 231 cm³/mol. The van der Waals surface area contributed by atoms with Crippen molar-refractivity contribution < 1.29 is 47.8 Å². The van der Waals surface area contributed by atoms with Crippen molar-refractivity contribution in [3.05, 3.63) is 97.2 Å². The average molecular weight is 820 g/mol. The number of esters is 2. The molecule has 0 fully saturated rings. The lowest BCUT2D eigenvalue weighted by Crippen LogP contribution is -2.29. The topological polar surface area (TPSA) is 175 Å². The van der Waals surface area contributed by atoms with Crippen molar-refractivity contribution in [2.75, 3.05) is 26.4 Å². The molecular weight excluding hydrogens is 745 g/mol. The van der Waals surface area contributed by atoms with E-state index in [1.54, 1.807) is 36.5 Å². The molecular formula is C45H74NO10P. The van der Waals surface area contributed by atoms with E-state index in [1.807, 2.05) is 43.4 Å². The molecule has 0 aromatic rings. The van der Waals surface area contributed by atoms with Gasteiger partial charge in [-0.3, -0.25) is 18.6 Å². The number of phosphoric ester groups is 1. The molecule has 0 saturated carbocycles. The van der Waals surface area contributed by atoms with Crippen molar-refractivity contribution in [3.8, 4) is 0 Å². The Morgan fingerprint density at radius 2 is 1.19 bits per heavy atom. The zero-order valence-electron chi connectivity index (χ0n) is 34.7. The molecule has 0 aliphatic heterocycles. The van der Waals surface area contributed by atoms with Crippen molar-refractivity contribution in [1.29, 1.82) is 0 Å². The van der Waals surface area contributed by atoms with Crippen LogP contribution in [-0.2, 0) is 32.7 Å². The Bertz CT molecular complexity index is 1290. The first-order valence-corrected chi connectivity index (χ1v) is 22.4. The number of rotatable bonds is 37. The second-order valence-electron chi connectivity index (χ2n) is 13.5. The van der Waals surface area contributed by atoms with Gasteiger partial charge in [0.25, 0.3) is 0 Å². The summed E-state index contributed by atoms with van der Waals surface area (Å²) >= 11 is 0. The van der Waals surface area contributed by atoms with Gasteiger partial charge in [-0.15, -0.1) is 0 Å². The van der Waals surface area contributed by atoms with E-state index in [0.717, 1.165) is 51.4 Å². The lowest BCUT2D eigenvalue weighted by molar-refractivity contribution is -0.161. The van der Waals surface area contributed by atoms with Crippen molar-refractivity contribution in [2.24, 2.45) is 5.73 Å². The molecule has 0 radical (unpaired) electrons. The Morgan fingerprint density at radius 3 is 1.81 bits per heavy atom. The number of aliphatic hydroxyl groups excluding tert-OH is 2. The number of phosphoric acid groups is 1. The number of carbonyl (C=O) groups excluding carboxylic acids is 2. The fourth-order valence-electron chi connectivity index (χ4n) is 4.98. The Labute approximate surface area is 343 Å². The minimum absolute atomic E-state index is 0.0194. The van der Waals surface area contributed by atoms with Crippen LogP contribution in [0.3, 0.4) is 0 Å². The number of ether oxygens (including phenoxy) is 2. The zero-order chi connectivity index (χ0) is 42.1. The number of hydrogen-bond acceptors (Lipinski definition) is 10. The van der Waals surface area contributed by atoms with Crippen LogP contribution in [0, 0.1) is 0 Å². The van der Waals surface area contributed by atoms with Crippen molar-refractivity contribution in [1.82, 2.24) is 0 Å². The summed E-state index contributed by atoms with van der Waals surface area (Å²) in [5, 5.41) is 19.9.